The van der Waals surface area contributed by atoms with Gasteiger partial charge in [-0.05, 0) is 38.2 Å². The van der Waals surface area contributed by atoms with Crippen LogP contribution < -0.4 is 10.2 Å². The van der Waals surface area contributed by atoms with Crippen molar-refractivity contribution in [3.05, 3.63) is 16.3 Å². The zero-order valence-electron chi connectivity index (χ0n) is 12.5. The van der Waals surface area contributed by atoms with E-state index in [0.29, 0.717) is 0 Å². The summed E-state index contributed by atoms with van der Waals surface area (Å²) < 4.78 is 0. The van der Waals surface area contributed by atoms with Crippen LogP contribution in [0.1, 0.15) is 29.1 Å². The first kappa shape index (κ1) is 13.8. The van der Waals surface area contributed by atoms with Crippen molar-refractivity contribution < 1.29 is 4.90 Å². The predicted octanol–water partition coefficient (Wildman–Crippen LogP) is 1.43. The van der Waals surface area contributed by atoms with Crippen LogP contribution in [0.15, 0.2) is 0 Å². The molecule has 0 atom stereocenters. The number of thiophene rings is 1. The van der Waals surface area contributed by atoms with Gasteiger partial charge in [-0.15, -0.1) is 11.3 Å². The normalized spacial score (nSPS) is 14.8. The summed E-state index contributed by atoms with van der Waals surface area (Å²) in [6.45, 7) is 4.04. The maximum Gasteiger partial charge on any atom is 0.139 e. The van der Waals surface area contributed by atoms with Crippen molar-refractivity contribution in [2.45, 2.75) is 32.6 Å². The Labute approximate surface area is 124 Å². The van der Waals surface area contributed by atoms with Gasteiger partial charge < -0.3 is 10.2 Å². The minimum atomic E-state index is 0.871. The molecule has 0 fully saturated rings. The molecule has 4 nitrogen and oxygen atoms in total. The smallest absolute Gasteiger partial charge is 0.139 e. The van der Waals surface area contributed by atoms with Crippen LogP contribution in [-0.2, 0) is 12.8 Å². The van der Waals surface area contributed by atoms with E-state index in [0.717, 1.165) is 24.7 Å². The van der Waals surface area contributed by atoms with E-state index in [2.05, 4.69) is 29.4 Å². The molecule has 0 saturated carbocycles. The van der Waals surface area contributed by atoms with Crippen molar-refractivity contribution >= 4 is 27.4 Å². The molecule has 0 aliphatic heterocycles. The molecule has 3 rings (SSSR count). The van der Waals surface area contributed by atoms with Gasteiger partial charge in [0.1, 0.15) is 16.5 Å². The molecule has 2 heterocycles. The van der Waals surface area contributed by atoms with Crippen molar-refractivity contribution in [1.29, 1.82) is 0 Å². The average Bonchev–Trinajstić information content (AvgIpc) is 2.75. The summed E-state index contributed by atoms with van der Waals surface area (Å²) in [4.78, 5) is 13.5. The van der Waals surface area contributed by atoms with E-state index >= 15 is 0 Å². The first-order valence-corrected chi connectivity index (χ1v) is 8.28. The molecule has 1 aliphatic carbocycles. The van der Waals surface area contributed by atoms with E-state index in [1.54, 1.807) is 0 Å². The lowest BCUT2D eigenvalue weighted by Crippen LogP contribution is -3.06. The zero-order chi connectivity index (χ0) is 14.1. The Morgan fingerprint density at radius 1 is 1.20 bits per heavy atom. The molecular formula is C15H23N4S+. The van der Waals surface area contributed by atoms with Crippen molar-refractivity contribution in [3.63, 3.8) is 0 Å². The highest BCUT2D eigenvalue weighted by molar-refractivity contribution is 7.19. The molecule has 1 aliphatic rings. The van der Waals surface area contributed by atoms with E-state index < -0.39 is 0 Å². The van der Waals surface area contributed by atoms with Gasteiger partial charge in [-0.1, -0.05) is 0 Å². The lowest BCUT2D eigenvalue weighted by Gasteiger charge is -2.13. The SMILES string of the molecule is Cc1nc(NCC[NH+](C)C)c2c3c(sc2n1)CCCC3. The molecule has 0 radical (unpaired) electrons. The molecule has 0 spiro atoms. The number of rotatable bonds is 4. The molecule has 5 heteroatoms. The average molecular weight is 291 g/mol. The number of hydrogen-bond donors (Lipinski definition) is 2. The Kier molecular flexibility index (Phi) is 3.89. The van der Waals surface area contributed by atoms with Crippen LogP contribution in [0.25, 0.3) is 10.2 Å². The van der Waals surface area contributed by atoms with Crippen LogP contribution in [0.4, 0.5) is 5.82 Å². The number of aromatic nitrogens is 2. The second-order valence-electron chi connectivity index (χ2n) is 5.89. The monoisotopic (exact) mass is 291 g/mol. The van der Waals surface area contributed by atoms with Gasteiger partial charge in [0, 0.05) is 4.88 Å². The molecule has 0 bridgehead atoms. The van der Waals surface area contributed by atoms with Gasteiger partial charge in [0.15, 0.2) is 0 Å². The highest BCUT2D eigenvalue weighted by Gasteiger charge is 2.20. The standard InChI is InChI=1S/C15H22N4S/c1-10-17-14(16-8-9-19(2)3)13-11-6-4-5-7-12(11)20-15(13)18-10/h4-9H2,1-3H3,(H,16,17,18)/p+1. The number of nitrogens with zero attached hydrogens (tertiary/aromatic N) is 2. The summed E-state index contributed by atoms with van der Waals surface area (Å²) in [5.74, 6) is 1.92. The topological polar surface area (TPSA) is 42.2 Å². The van der Waals surface area contributed by atoms with E-state index in [9.17, 15) is 0 Å². The molecule has 108 valence electrons. The zero-order valence-corrected chi connectivity index (χ0v) is 13.4. The quantitative estimate of drug-likeness (QED) is 0.895. The van der Waals surface area contributed by atoms with Crippen molar-refractivity contribution in [3.8, 4) is 0 Å². The van der Waals surface area contributed by atoms with E-state index in [4.69, 9.17) is 0 Å². The molecule has 0 unspecified atom stereocenters. The Hall–Kier alpha value is -1.20. The molecule has 0 saturated heterocycles. The Bertz CT molecular complexity index is 618. The summed E-state index contributed by atoms with van der Waals surface area (Å²) in [6.07, 6.45) is 5.03. The summed E-state index contributed by atoms with van der Waals surface area (Å²) in [7, 11) is 4.35. The fourth-order valence-corrected chi connectivity index (χ4v) is 4.13. The summed E-state index contributed by atoms with van der Waals surface area (Å²) >= 11 is 1.87. The number of likely N-dealkylation sites (N-methyl/N-ethyl adjacent to an activating group) is 1. The number of fused-ring (bicyclic) bond motifs is 3. The lowest BCUT2D eigenvalue weighted by atomic mass is 9.97. The van der Waals surface area contributed by atoms with Crippen LogP contribution in [0.5, 0.6) is 0 Å². The van der Waals surface area contributed by atoms with Gasteiger partial charge >= 0.3 is 0 Å². The van der Waals surface area contributed by atoms with Gasteiger partial charge in [-0.25, -0.2) is 9.97 Å². The third-order valence-corrected chi connectivity index (χ3v) is 5.03. The first-order chi connectivity index (χ1) is 9.65. The summed E-state index contributed by atoms with van der Waals surface area (Å²) in [5, 5.41) is 4.83. The maximum absolute atomic E-state index is 4.65. The molecule has 20 heavy (non-hydrogen) atoms. The maximum atomic E-state index is 4.65. The Morgan fingerprint density at radius 3 is 2.80 bits per heavy atom. The lowest BCUT2D eigenvalue weighted by molar-refractivity contribution is -0.856. The summed E-state index contributed by atoms with van der Waals surface area (Å²) in [5.41, 5.74) is 1.51. The third kappa shape index (κ3) is 2.65. The summed E-state index contributed by atoms with van der Waals surface area (Å²) in [6, 6.07) is 0. The van der Waals surface area contributed by atoms with E-state index in [-0.39, 0.29) is 0 Å². The van der Waals surface area contributed by atoms with Crippen molar-refractivity contribution in [1.82, 2.24) is 9.97 Å². The van der Waals surface area contributed by atoms with Crippen molar-refractivity contribution in [2.75, 3.05) is 32.5 Å². The van der Waals surface area contributed by atoms with Crippen molar-refractivity contribution in [2.24, 2.45) is 0 Å². The van der Waals surface area contributed by atoms with Crippen LogP contribution in [0.3, 0.4) is 0 Å². The molecule has 2 aromatic heterocycles. The first-order valence-electron chi connectivity index (χ1n) is 7.47. The largest absolute Gasteiger partial charge is 0.364 e. The van der Waals surface area contributed by atoms with Crippen LogP contribution >= 0.6 is 11.3 Å². The minimum Gasteiger partial charge on any atom is -0.364 e. The molecule has 0 aromatic carbocycles. The Morgan fingerprint density at radius 2 is 2.00 bits per heavy atom. The van der Waals surface area contributed by atoms with Crippen LogP contribution in [0.2, 0.25) is 0 Å². The third-order valence-electron chi connectivity index (χ3n) is 3.84. The van der Waals surface area contributed by atoms with Gasteiger partial charge in [-0.2, -0.15) is 0 Å². The van der Waals surface area contributed by atoms with E-state index in [1.807, 2.05) is 18.3 Å². The number of quaternary nitrogens is 1. The van der Waals surface area contributed by atoms with Gasteiger partial charge in [-0.3, -0.25) is 0 Å². The highest BCUT2D eigenvalue weighted by atomic mass is 32.1. The second-order valence-corrected chi connectivity index (χ2v) is 6.98. The molecule has 2 N–H and O–H groups in total. The molecule has 0 amide bonds. The van der Waals surface area contributed by atoms with Crippen LogP contribution in [0, 0.1) is 6.92 Å². The number of hydrogen-bond acceptors (Lipinski definition) is 4. The number of nitrogens with one attached hydrogen (secondary N) is 2. The van der Waals surface area contributed by atoms with Gasteiger partial charge in [0.2, 0.25) is 0 Å². The van der Waals surface area contributed by atoms with E-state index in [1.165, 1.54) is 51.2 Å². The fourth-order valence-electron chi connectivity index (χ4n) is 2.82. The number of anilines is 1. The van der Waals surface area contributed by atoms with Gasteiger partial charge in [0.05, 0.1) is 32.6 Å². The van der Waals surface area contributed by atoms with Crippen LogP contribution in [-0.4, -0.2) is 37.2 Å². The van der Waals surface area contributed by atoms with Gasteiger partial charge in [0.25, 0.3) is 0 Å². The minimum absolute atomic E-state index is 0.871. The molecular weight excluding hydrogens is 268 g/mol. The molecule has 2 aromatic rings. The Balaban J connectivity index is 1.98. The second kappa shape index (κ2) is 5.66. The number of aryl methyl sites for hydroxylation is 3. The predicted molar refractivity (Wildman–Crippen MR) is 85.0 cm³/mol. The fraction of sp³-hybridized carbons (Fsp3) is 0.600. The highest BCUT2D eigenvalue weighted by Crippen LogP contribution is 2.38.